The first kappa shape index (κ1) is 25.8. The number of benzene rings is 3. The van der Waals surface area contributed by atoms with E-state index in [1.165, 1.54) is 10.5 Å². The van der Waals surface area contributed by atoms with Gasteiger partial charge in [0.15, 0.2) is 11.5 Å². The molecule has 5 nitrogen and oxygen atoms in total. The van der Waals surface area contributed by atoms with E-state index in [1.807, 2.05) is 54.6 Å². The number of aryl methyl sites for hydroxylation is 1. The van der Waals surface area contributed by atoms with Crippen molar-refractivity contribution in [3.8, 4) is 11.5 Å². The summed E-state index contributed by atoms with van der Waals surface area (Å²) in [5.74, 6) is 0.960. The minimum Gasteiger partial charge on any atom is -0.493 e. The van der Waals surface area contributed by atoms with Gasteiger partial charge in [0, 0.05) is 11.0 Å². The van der Waals surface area contributed by atoms with Gasteiger partial charge in [0.25, 0.3) is 11.1 Å². The quantitative estimate of drug-likeness (QED) is 0.178. The highest BCUT2D eigenvalue weighted by Gasteiger charge is 2.34. The van der Waals surface area contributed by atoms with Crippen molar-refractivity contribution in [2.75, 3.05) is 13.7 Å². The lowest BCUT2D eigenvalue weighted by molar-refractivity contribution is -0.122. The van der Waals surface area contributed by atoms with Gasteiger partial charge in [0.2, 0.25) is 0 Å². The number of carbonyl (C=O) groups excluding carboxylic acids is 2. The zero-order valence-electron chi connectivity index (χ0n) is 19.0. The van der Waals surface area contributed by atoms with Crippen LogP contribution in [-0.4, -0.2) is 29.7 Å². The van der Waals surface area contributed by atoms with E-state index in [1.54, 1.807) is 13.2 Å². The molecule has 0 spiro atoms. The van der Waals surface area contributed by atoms with Crippen LogP contribution < -0.4 is 9.47 Å². The fourth-order valence-electron chi connectivity index (χ4n) is 3.63. The number of nitrogens with zero attached hydrogens (tertiary/aromatic N) is 1. The third kappa shape index (κ3) is 6.68. The first-order chi connectivity index (χ1) is 16.9. The number of ether oxygens (including phenoxy) is 2. The van der Waals surface area contributed by atoms with Gasteiger partial charge in [-0.3, -0.25) is 14.5 Å². The third-order valence-corrected chi connectivity index (χ3v) is 7.65. The second-order valence-corrected chi connectivity index (χ2v) is 10.9. The summed E-state index contributed by atoms with van der Waals surface area (Å²) in [6, 6.07) is 21.7. The molecule has 2 amide bonds. The van der Waals surface area contributed by atoms with Gasteiger partial charge in [0.05, 0.1) is 15.6 Å². The van der Waals surface area contributed by atoms with Gasteiger partial charge in [0.1, 0.15) is 6.61 Å². The van der Waals surface area contributed by atoms with Crippen LogP contribution in [0.25, 0.3) is 6.08 Å². The highest BCUT2D eigenvalue weighted by Crippen LogP contribution is 2.37. The maximum Gasteiger partial charge on any atom is 0.293 e. The minimum atomic E-state index is -0.252. The van der Waals surface area contributed by atoms with E-state index in [0.717, 1.165) is 43.8 Å². The number of hydrogen-bond acceptors (Lipinski definition) is 5. The van der Waals surface area contributed by atoms with Gasteiger partial charge in [-0.2, -0.15) is 0 Å². The summed E-state index contributed by atoms with van der Waals surface area (Å²) in [5, 5.41) is -0.231. The maximum atomic E-state index is 12.9. The smallest absolute Gasteiger partial charge is 0.293 e. The van der Waals surface area contributed by atoms with Gasteiger partial charge >= 0.3 is 0 Å². The lowest BCUT2D eigenvalue weighted by Gasteiger charge is -2.14. The molecule has 1 aliphatic rings. The van der Waals surface area contributed by atoms with E-state index in [2.05, 4.69) is 50.7 Å². The molecule has 1 aliphatic heterocycles. The monoisotopic (exact) mass is 663 g/mol. The molecule has 35 heavy (non-hydrogen) atoms. The molecule has 1 saturated heterocycles. The standard InChI is InChI=1S/C27H23BrINO4S/c1-33-23-15-20(14-22(29)25(23)34-17-19-9-11-21(28)12-10-19)16-24-26(31)30(27(32)35-24)13-5-8-18-6-3-2-4-7-18/h2-4,6-7,9-12,14-16H,5,8,13,17H2,1H3/b24-16+. The van der Waals surface area contributed by atoms with Crippen LogP contribution in [0.4, 0.5) is 4.79 Å². The minimum absolute atomic E-state index is 0.231. The van der Waals surface area contributed by atoms with Crippen molar-refractivity contribution in [2.45, 2.75) is 19.4 Å². The van der Waals surface area contributed by atoms with Crippen molar-refractivity contribution in [2.24, 2.45) is 0 Å². The summed E-state index contributed by atoms with van der Waals surface area (Å²) in [6.45, 7) is 0.807. The largest absolute Gasteiger partial charge is 0.493 e. The predicted molar refractivity (Wildman–Crippen MR) is 152 cm³/mol. The molecule has 4 rings (SSSR count). The van der Waals surface area contributed by atoms with Gasteiger partial charge in [-0.15, -0.1) is 0 Å². The number of carbonyl (C=O) groups is 2. The van der Waals surface area contributed by atoms with Crippen LogP contribution in [0.2, 0.25) is 0 Å². The van der Waals surface area contributed by atoms with Crippen molar-refractivity contribution in [1.29, 1.82) is 0 Å². The first-order valence-corrected chi connectivity index (χ1v) is 13.7. The Morgan fingerprint density at radius 1 is 1.03 bits per heavy atom. The van der Waals surface area contributed by atoms with Gasteiger partial charge in [-0.25, -0.2) is 0 Å². The zero-order chi connectivity index (χ0) is 24.8. The molecular weight excluding hydrogens is 641 g/mol. The number of amides is 2. The van der Waals surface area contributed by atoms with Crippen LogP contribution in [0.5, 0.6) is 11.5 Å². The lowest BCUT2D eigenvalue weighted by atomic mass is 10.1. The van der Waals surface area contributed by atoms with Crippen LogP contribution >= 0.6 is 50.3 Å². The van der Waals surface area contributed by atoms with E-state index >= 15 is 0 Å². The summed E-state index contributed by atoms with van der Waals surface area (Å²) in [7, 11) is 1.59. The molecule has 0 bridgehead atoms. The van der Waals surface area contributed by atoms with Crippen LogP contribution in [0.3, 0.4) is 0 Å². The van der Waals surface area contributed by atoms with Gasteiger partial charge in [-0.05, 0) is 94.2 Å². The van der Waals surface area contributed by atoms with Crippen molar-refractivity contribution in [3.63, 3.8) is 0 Å². The zero-order valence-corrected chi connectivity index (χ0v) is 23.6. The Morgan fingerprint density at radius 2 is 1.77 bits per heavy atom. The molecule has 0 atom stereocenters. The van der Waals surface area contributed by atoms with Crippen LogP contribution in [-0.2, 0) is 17.8 Å². The van der Waals surface area contributed by atoms with Crippen molar-refractivity contribution < 1.29 is 19.1 Å². The molecule has 1 heterocycles. The van der Waals surface area contributed by atoms with Crippen molar-refractivity contribution in [3.05, 3.63) is 96.4 Å². The second kappa shape index (κ2) is 12.1. The Labute approximate surface area is 231 Å². The topological polar surface area (TPSA) is 55.8 Å². The van der Waals surface area contributed by atoms with Gasteiger partial charge < -0.3 is 9.47 Å². The molecule has 0 radical (unpaired) electrons. The van der Waals surface area contributed by atoms with Gasteiger partial charge in [-0.1, -0.05) is 58.4 Å². The summed E-state index contributed by atoms with van der Waals surface area (Å²) in [6.07, 6.45) is 3.29. The van der Waals surface area contributed by atoms with E-state index in [-0.39, 0.29) is 11.1 Å². The first-order valence-electron chi connectivity index (χ1n) is 11.0. The Balaban J connectivity index is 1.44. The molecule has 180 valence electrons. The Kier molecular flexibility index (Phi) is 8.91. The summed E-state index contributed by atoms with van der Waals surface area (Å²) in [4.78, 5) is 27.1. The number of thioether (sulfide) groups is 1. The van der Waals surface area contributed by atoms with Crippen molar-refractivity contribution in [1.82, 2.24) is 4.90 Å². The lowest BCUT2D eigenvalue weighted by Crippen LogP contribution is -2.29. The average molecular weight is 664 g/mol. The fraction of sp³-hybridized carbons (Fsp3) is 0.185. The van der Waals surface area contributed by atoms with Crippen molar-refractivity contribution >= 4 is 67.5 Å². The second-order valence-electron chi connectivity index (χ2n) is 7.87. The Bertz CT molecular complexity index is 1250. The number of hydrogen-bond donors (Lipinski definition) is 0. The number of imide groups is 1. The number of halogens is 2. The maximum absolute atomic E-state index is 12.9. The molecule has 1 fully saturated rings. The number of methoxy groups -OCH3 is 1. The normalized spacial score (nSPS) is 14.6. The average Bonchev–Trinajstić information content (AvgIpc) is 3.12. The molecule has 0 aliphatic carbocycles. The molecule has 3 aromatic carbocycles. The summed E-state index contributed by atoms with van der Waals surface area (Å²) < 4.78 is 13.5. The van der Waals surface area contributed by atoms with E-state index in [4.69, 9.17) is 9.47 Å². The highest BCUT2D eigenvalue weighted by molar-refractivity contribution is 14.1. The van der Waals surface area contributed by atoms with E-state index < -0.39 is 0 Å². The Morgan fingerprint density at radius 3 is 2.49 bits per heavy atom. The van der Waals surface area contributed by atoms with E-state index in [0.29, 0.717) is 29.6 Å². The van der Waals surface area contributed by atoms with Crippen LogP contribution in [0, 0.1) is 3.57 Å². The molecule has 3 aromatic rings. The Hall–Kier alpha value is -2.30. The van der Waals surface area contributed by atoms with Crippen LogP contribution in [0.1, 0.15) is 23.1 Å². The predicted octanol–water partition coefficient (Wildman–Crippen LogP) is 7.31. The molecule has 0 aromatic heterocycles. The highest BCUT2D eigenvalue weighted by atomic mass is 127. The molecule has 8 heteroatoms. The van der Waals surface area contributed by atoms with Crippen LogP contribution in [0.15, 0.2) is 76.1 Å². The molecule has 0 N–H and O–H groups in total. The summed E-state index contributed by atoms with van der Waals surface area (Å²) in [5.41, 5.74) is 3.01. The fourth-order valence-corrected chi connectivity index (χ4v) is 5.54. The molecular formula is C27H23BrINO4S. The SMILES string of the molecule is COc1cc(/C=C2/SC(=O)N(CCCc3ccccc3)C2=O)cc(I)c1OCc1ccc(Br)cc1. The van der Waals surface area contributed by atoms with E-state index in [9.17, 15) is 9.59 Å². The molecule has 0 saturated carbocycles. The summed E-state index contributed by atoms with van der Waals surface area (Å²) >= 11 is 6.61. The third-order valence-electron chi connectivity index (χ3n) is 5.41. The molecule has 0 unspecified atom stereocenters. The number of rotatable bonds is 9.